The Morgan fingerprint density at radius 2 is 1.68 bits per heavy atom. The molecule has 25 heavy (non-hydrogen) atoms. The number of pyridine rings is 1. The van der Waals surface area contributed by atoms with Gasteiger partial charge in [0.2, 0.25) is 17.7 Å². The molecule has 7 heteroatoms. The first-order valence-electron chi connectivity index (χ1n) is 7.92. The van der Waals surface area contributed by atoms with Crippen LogP contribution >= 0.6 is 0 Å². The molecule has 3 rings (SSSR count). The number of anilines is 3. The minimum absolute atomic E-state index is 0.0952. The average molecular weight is 338 g/mol. The minimum atomic E-state index is -0.407. The molecule has 0 saturated carbocycles. The summed E-state index contributed by atoms with van der Waals surface area (Å²) in [6, 6.07) is 10.4. The third kappa shape index (κ3) is 4.00. The van der Waals surface area contributed by atoms with Crippen LogP contribution < -0.4 is 15.5 Å². The van der Waals surface area contributed by atoms with E-state index in [0.717, 1.165) is 0 Å². The third-order valence-corrected chi connectivity index (χ3v) is 3.94. The SMILES string of the molecule is CC(=O)Nc1ccc(N2CC(C(=O)Nc3ccncc3)CC2=O)cc1. The summed E-state index contributed by atoms with van der Waals surface area (Å²) in [6.07, 6.45) is 3.36. The topological polar surface area (TPSA) is 91.4 Å². The normalized spacial score (nSPS) is 16.6. The molecule has 1 aliphatic heterocycles. The molecule has 2 heterocycles. The number of aromatic nitrogens is 1. The predicted molar refractivity (Wildman–Crippen MR) is 94.1 cm³/mol. The van der Waals surface area contributed by atoms with Crippen LogP contribution in [0.2, 0.25) is 0 Å². The number of rotatable bonds is 4. The second-order valence-electron chi connectivity index (χ2n) is 5.86. The van der Waals surface area contributed by atoms with Crippen LogP contribution in [0.4, 0.5) is 17.1 Å². The zero-order valence-electron chi connectivity index (χ0n) is 13.7. The van der Waals surface area contributed by atoms with Gasteiger partial charge in [0.1, 0.15) is 0 Å². The first-order chi connectivity index (χ1) is 12.0. The van der Waals surface area contributed by atoms with Crippen molar-refractivity contribution >= 4 is 34.8 Å². The molecule has 0 bridgehead atoms. The summed E-state index contributed by atoms with van der Waals surface area (Å²) in [5.74, 6) is -0.840. The van der Waals surface area contributed by atoms with Gasteiger partial charge in [0.15, 0.2) is 0 Å². The van der Waals surface area contributed by atoms with E-state index in [4.69, 9.17) is 0 Å². The zero-order chi connectivity index (χ0) is 17.8. The molecule has 1 aromatic heterocycles. The number of nitrogens with one attached hydrogen (secondary N) is 2. The molecule has 0 aliphatic carbocycles. The molecule has 2 N–H and O–H groups in total. The Kier molecular flexibility index (Phi) is 4.74. The molecule has 1 saturated heterocycles. The molecule has 1 aliphatic rings. The van der Waals surface area contributed by atoms with Crippen LogP contribution in [-0.2, 0) is 14.4 Å². The van der Waals surface area contributed by atoms with Crippen LogP contribution in [0.3, 0.4) is 0 Å². The molecule has 128 valence electrons. The maximum Gasteiger partial charge on any atom is 0.229 e. The van der Waals surface area contributed by atoms with E-state index >= 15 is 0 Å². The number of carbonyl (C=O) groups is 3. The fourth-order valence-electron chi connectivity index (χ4n) is 2.74. The Balaban J connectivity index is 1.65. The van der Waals surface area contributed by atoms with Gasteiger partial charge in [0.25, 0.3) is 0 Å². The van der Waals surface area contributed by atoms with Crippen LogP contribution in [-0.4, -0.2) is 29.3 Å². The van der Waals surface area contributed by atoms with Gasteiger partial charge < -0.3 is 15.5 Å². The van der Waals surface area contributed by atoms with Gasteiger partial charge in [-0.05, 0) is 36.4 Å². The Bertz CT molecular complexity index is 790. The highest BCUT2D eigenvalue weighted by Gasteiger charge is 2.35. The lowest BCUT2D eigenvalue weighted by molar-refractivity contribution is -0.122. The summed E-state index contributed by atoms with van der Waals surface area (Å²) < 4.78 is 0. The van der Waals surface area contributed by atoms with Crippen molar-refractivity contribution in [2.45, 2.75) is 13.3 Å². The number of amides is 3. The highest BCUT2D eigenvalue weighted by Crippen LogP contribution is 2.27. The van der Waals surface area contributed by atoms with Crippen LogP contribution in [0.5, 0.6) is 0 Å². The first-order valence-corrected chi connectivity index (χ1v) is 7.92. The summed E-state index contributed by atoms with van der Waals surface area (Å²) in [7, 11) is 0. The molecule has 1 unspecified atom stereocenters. The van der Waals surface area contributed by atoms with Crippen LogP contribution in [0, 0.1) is 5.92 Å². The lowest BCUT2D eigenvalue weighted by Gasteiger charge is -2.17. The van der Waals surface area contributed by atoms with Gasteiger partial charge in [0, 0.05) is 49.3 Å². The van der Waals surface area contributed by atoms with E-state index in [9.17, 15) is 14.4 Å². The van der Waals surface area contributed by atoms with Gasteiger partial charge in [-0.15, -0.1) is 0 Å². The maximum atomic E-state index is 12.4. The molecular weight excluding hydrogens is 320 g/mol. The molecule has 0 radical (unpaired) electrons. The van der Waals surface area contributed by atoms with Gasteiger partial charge in [0.05, 0.1) is 5.92 Å². The van der Waals surface area contributed by atoms with Crippen molar-refractivity contribution in [1.29, 1.82) is 0 Å². The van der Waals surface area contributed by atoms with E-state index in [1.807, 2.05) is 0 Å². The molecular formula is C18H18N4O3. The minimum Gasteiger partial charge on any atom is -0.326 e. The predicted octanol–water partition coefficient (Wildman–Crippen LogP) is 2.03. The lowest BCUT2D eigenvalue weighted by atomic mass is 10.1. The number of hydrogen-bond donors (Lipinski definition) is 2. The van der Waals surface area contributed by atoms with Crippen molar-refractivity contribution in [2.24, 2.45) is 5.92 Å². The molecule has 1 atom stereocenters. The Labute approximate surface area is 145 Å². The summed E-state index contributed by atoms with van der Waals surface area (Å²) in [6.45, 7) is 1.76. The second kappa shape index (κ2) is 7.12. The summed E-state index contributed by atoms with van der Waals surface area (Å²) >= 11 is 0. The number of hydrogen-bond acceptors (Lipinski definition) is 4. The zero-order valence-corrected chi connectivity index (χ0v) is 13.7. The van der Waals surface area contributed by atoms with E-state index in [2.05, 4.69) is 15.6 Å². The van der Waals surface area contributed by atoms with E-state index < -0.39 is 5.92 Å². The van der Waals surface area contributed by atoms with Crippen LogP contribution in [0.1, 0.15) is 13.3 Å². The Morgan fingerprint density at radius 3 is 2.32 bits per heavy atom. The Hall–Kier alpha value is -3.22. The smallest absolute Gasteiger partial charge is 0.229 e. The van der Waals surface area contributed by atoms with E-state index in [1.165, 1.54) is 6.92 Å². The Morgan fingerprint density at radius 1 is 1.04 bits per heavy atom. The molecule has 0 spiro atoms. The molecule has 1 aromatic carbocycles. The summed E-state index contributed by atoms with van der Waals surface area (Å²) in [5.41, 5.74) is 2.03. The van der Waals surface area contributed by atoms with Crippen molar-refractivity contribution in [3.05, 3.63) is 48.8 Å². The van der Waals surface area contributed by atoms with Gasteiger partial charge in [-0.25, -0.2) is 0 Å². The van der Waals surface area contributed by atoms with E-state index in [0.29, 0.717) is 23.6 Å². The lowest BCUT2D eigenvalue weighted by Crippen LogP contribution is -2.28. The largest absolute Gasteiger partial charge is 0.326 e. The molecule has 2 aromatic rings. The summed E-state index contributed by atoms with van der Waals surface area (Å²) in [5, 5.41) is 5.48. The van der Waals surface area contributed by atoms with Gasteiger partial charge in [-0.3, -0.25) is 19.4 Å². The highest BCUT2D eigenvalue weighted by atomic mass is 16.2. The maximum absolute atomic E-state index is 12.4. The van der Waals surface area contributed by atoms with Crippen molar-refractivity contribution in [1.82, 2.24) is 4.98 Å². The molecule has 1 fully saturated rings. The average Bonchev–Trinajstić information content (AvgIpc) is 2.98. The summed E-state index contributed by atoms with van der Waals surface area (Å²) in [4.78, 5) is 41.2. The van der Waals surface area contributed by atoms with Crippen LogP contribution in [0.15, 0.2) is 48.8 Å². The van der Waals surface area contributed by atoms with E-state index in [1.54, 1.807) is 53.7 Å². The standard InChI is InChI=1S/C18H18N4O3/c1-12(23)20-14-2-4-16(5-3-14)22-11-13(10-17(22)24)18(25)21-15-6-8-19-9-7-15/h2-9,13H,10-11H2,1H3,(H,20,23)(H,19,21,25). The second-order valence-corrected chi connectivity index (χ2v) is 5.86. The number of nitrogens with zero attached hydrogens (tertiary/aromatic N) is 2. The van der Waals surface area contributed by atoms with Gasteiger partial charge in [-0.1, -0.05) is 0 Å². The number of carbonyl (C=O) groups excluding carboxylic acids is 3. The fourth-order valence-corrected chi connectivity index (χ4v) is 2.74. The van der Waals surface area contributed by atoms with Gasteiger partial charge in [-0.2, -0.15) is 0 Å². The molecule has 7 nitrogen and oxygen atoms in total. The van der Waals surface area contributed by atoms with Crippen molar-refractivity contribution < 1.29 is 14.4 Å². The monoisotopic (exact) mass is 338 g/mol. The number of benzene rings is 1. The molecule has 3 amide bonds. The van der Waals surface area contributed by atoms with Crippen molar-refractivity contribution in [2.75, 3.05) is 22.1 Å². The van der Waals surface area contributed by atoms with E-state index in [-0.39, 0.29) is 24.1 Å². The quantitative estimate of drug-likeness (QED) is 0.892. The third-order valence-electron chi connectivity index (χ3n) is 3.94. The fraction of sp³-hybridized carbons (Fsp3) is 0.222. The van der Waals surface area contributed by atoms with Crippen molar-refractivity contribution in [3.8, 4) is 0 Å². The first kappa shape index (κ1) is 16.6. The van der Waals surface area contributed by atoms with Crippen molar-refractivity contribution in [3.63, 3.8) is 0 Å². The van der Waals surface area contributed by atoms with Gasteiger partial charge >= 0.3 is 0 Å². The highest BCUT2D eigenvalue weighted by molar-refractivity contribution is 6.03. The van der Waals surface area contributed by atoms with Crippen LogP contribution in [0.25, 0.3) is 0 Å².